The van der Waals surface area contributed by atoms with Crippen LogP contribution in [-0.2, 0) is 9.84 Å². The number of nitrogens with one attached hydrogen (secondary N) is 2. The van der Waals surface area contributed by atoms with Crippen molar-refractivity contribution in [1.82, 2.24) is 0 Å². The van der Waals surface area contributed by atoms with E-state index in [0.29, 0.717) is 24.2 Å². The van der Waals surface area contributed by atoms with Gasteiger partial charge < -0.3 is 10.6 Å². The summed E-state index contributed by atoms with van der Waals surface area (Å²) in [6.07, 6.45) is 1.06. The first-order valence-electron chi connectivity index (χ1n) is 6.34. The average molecular weight is 299 g/mol. The Labute approximate surface area is 117 Å². The van der Waals surface area contributed by atoms with Crippen LogP contribution < -0.4 is 10.6 Å². The molecule has 0 atom stereocenters. The number of rotatable bonds is 4. The number of nitrogens with zero attached hydrogens (tertiary/aromatic N) is 1. The van der Waals surface area contributed by atoms with Gasteiger partial charge in [0.2, 0.25) is 0 Å². The van der Waals surface area contributed by atoms with E-state index in [0.717, 1.165) is 0 Å². The van der Waals surface area contributed by atoms with Crippen molar-refractivity contribution in [1.29, 1.82) is 0 Å². The van der Waals surface area contributed by atoms with Crippen LogP contribution in [-0.4, -0.2) is 37.9 Å². The summed E-state index contributed by atoms with van der Waals surface area (Å²) < 4.78 is 22.7. The molecule has 2 N–H and O–H groups in total. The van der Waals surface area contributed by atoms with E-state index in [-0.39, 0.29) is 23.2 Å². The molecule has 0 amide bonds. The van der Waals surface area contributed by atoms with Crippen molar-refractivity contribution < 1.29 is 13.3 Å². The van der Waals surface area contributed by atoms with Gasteiger partial charge in [-0.15, -0.1) is 0 Å². The van der Waals surface area contributed by atoms with Gasteiger partial charge in [0.1, 0.15) is 9.84 Å². The smallest absolute Gasteiger partial charge is 0.273 e. The predicted octanol–water partition coefficient (Wildman–Crippen LogP) is 1.63. The maximum atomic E-state index is 11.4. The lowest BCUT2D eigenvalue weighted by atomic mass is 10.1. The van der Waals surface area contributed by atoms with Crippen molar-refractivity contribution in [2.75, 3.05) is 29.2 Å². The van der Waals surface area contributed by atoms with Gasteiger partial charge in [-0.25, -0.2) is 8.42 Å². The molecule has 0 saturated carbocycles. The van der Waals surface area contributed by atoms with Gasteiger partial charge in [0.05, 0.1) is 16.4 Å². The first-order valence-corrected chi connectivity index (χ1v) is 8.16. The molecule has 7 nitrogen and oxygen atoms in total. The number of nitro benzene ring substituents is 1. The average Bonchev–Trinajstić information content (AvgIpc) is 2.41. The fraction of sp³-hybridized carbons (Fsp3) is 0.500. The monoisotopic (exact) mass is 299 g/mol. The molecule has 0 aliphatic carbocycles. The van der Waals surface area contributed by atoms with E-state index in [1.807, 2.05) is 0 Å². The van der Waals surface area contributed by atoms with Crippen LogP contribution in [0.1, 0.15) is 12.8 Å². The summed E-state index contributed by atoms with van der Waals surface area (Å²) in [5.41, 5.74) is 1.28. The highest BCUT2D eigenvalue weighted by atomic mass is 32.2. The van der Waals surface area contributed by atoms with Crippen molar-refractivity contribution in [3.05, 3.63) is 28.3 Å². The van der Waals surface area contributed by atoms with E-state index in [9.17, 15) is 18.5 Å². The zero-order valence-corrected chi connectivity index (χ0v) is 11.9. The minimum absolute atomic E-state index is 0.00257. The van der Waals surface area contributed by atoms with Gasteiger partial charge in [0.15, 0.2) is 0 Å². The van der Waals surface area contributed by atoms with Gasteiger partial charge >= 0.3 is 0 Å². The van der Waals surface area contributed by atoms with Gasteiger partial charge in [-0.1, -0.05) is 0 Å². The quantitative estimate of drug-likeness (QED) is 0.647. The maximum Gasteiger partial charge on any atom is 0.273 e. The standard InChI is InChI=1S/C12H17N3O4S/c1-13-10-6-11(8-12(7-10)15(16)17)14-9-2-4-20(18,19)5-3-9/h6-9,13-14H,2-5H2,1H3. The largest absolute Gasteiger partial charge is 0.388 e. The Bertz CT molecular complexity index is 601. The SMILES string of the molecule is CNc1cc(NC2CCS(=O)(=O)CC2)cc([N+](=O)[O-])c1. The van der Waals surface area contributed by atoms with Crippen LogP contribution in [0.4, 0.5) is 17.1 Å². The van der Waals surface area contributed by atoms with Crippen molar-refractivity contribution in [3.8, 4) is 0 Å². The lowest BCUT2D eigenvalue weighted by Gasteiger charge is -2.24. The van der Waals surface area contributed by atoms with Crippen molar-refractivity contribution in [2.45, 2.75) is 18.9 Å². The third-order valence-electron chi connectivity index (χ3n) is 3.34. The van der Waals surface area contributed by atoms with Gasteiger partial charge in [0.25, 0.3) is 5.69 Å². The van der Waals surface area contributed by atoms with Crippen LogP contribution in [0.15, 0.2) is 18.2 Å². The van der Waals surface area contributed by atoms with Crippen LogP contribution in [0.25, 0.3) is 0 Å². The molecule has 20 heavy (non-hydrogen) atoms. The molecule has 8 heteroatoms. The summed E-state index contributed by atoms with van der Waals surface area (Å²) in [6, 6.07) is 4.72. The van der Waals surface area contributed by atoms with Crippen LogP contribution in [0.2, 0.25) is 0 Å². The summed E-state index contributed by atoms with van der Waals surface area (Å²) in [5, 5.41) is 16.9. The molecule has 1 saturated heterocycles. The Hall–Kier alpha value is -1.83. The minimum atomic E-state index is -2.90. The molecule has 1 aromatic carbocycles. The molecule has 0 radical (unpaired) electrons. The summed E-state index contributed by atoms with van der Waals surface area (Å²) in [5.74, 6) is 0.330. The number of anilines is 2. The molecule has 0 spiro atoms. The topological polar surface area (TPSA) is 101 Å². The Kier molecular flexibility index (Phi) is 4.12. The zero-order valence-electron chi connectivity index (χ0n) is 11.1. The normalized spacial score (nSPS) is 18.4. The Morgan fingerprint density at radius 1 is 1.20 bits per heavy atom. The van der Waals surface area contributed by atoms with E-state index in [2.05, 4.69) is 10.6 Å². The molecular formula is C12H17N3O4S. The summed E-state index contributed by atoms with van der Waals surface area (Å²) in [6.45, 7) is 0. The molecule has 1 heterocycles. The van der Waals surface area contributed by atoms with Crippen LogP contribution in [0, 0.1) is 10.1 Å². The molecule has 1 aromatic rings. The summed E-state index contributed by atoms with van der Waals surface area (Å²) in [4.78, 5) is 10.4. The van der Waals surface area contributed by atoms with E-state index in [1.165, 1.54) is 12.1 Å². The van der Waals surface area contributed by atoms with E-state index in [4.69, 9.17) is 0 Å². The van der Waals surface area contributed by atoms with E-state index in [1.54, 1.807) is 13.1 Å². The number of non-ortho nitro benzene ring substituents is 1. The highest BCUT2D eigenvalue weighted by molar-refractivity contribution is 7.91. The van der Waals surface area contributed by atoms with Crippen molar-refractivity contribution in [3.63, 3.8) is 0 Å². The third kappa shape index (κ3) is 3.60. The third-order valence-corrected chi connectivity index (χ3v) is 5.06. The first-order chi connectivity index (χ1) is 9.39. The minimum Gasteiger partial charge on any atom is -0.388 e. The second-order valence-corrected chi connectivity index (χ2v) is 7.15. The van der Waals surface area contributed by atoms with Crippen molar-refractivity contribution in [2.24, 2.45) is 0 Å². The molecule has 110 valence electrons. The fourth-order valence-corrected chi connectivity index (χ4v) is 3.71. The van der Waals surface area contributed by atoms with Gasteiger partial charge in [0, 0.05) is 36.6 Å². The molecule has 0 bridgehead atoms. The van der Waals surface area contributed by atoms with Crippen LogP contribution >= 0.6 is 0 Å². The Morgan fingerprint density at radius 2 is 1.80 bits per heavy atom. The molecule has 2 rings (SSSR count). The number of hydrogen-bond donors (Lipinski definition) is 2. The molecule has 1 aliphatic rings. The maximum absolute atomic E-state index is 11.4. The Balaban J connectivity index is 2.13. The zero-order chi connectivity index (χ0) is 14.8. The lowest BCUT2D eigenvalue weighted by molar-refractivity contribution is -0.384. The molecule has 0 aromatic heterocycles. The molecule has 0 unspecified atom stereocenters. The van der Waals surface area contributed by atoms with Gasteiger partial charge in [-0.3, -0.25) is 10.1 Å². The lowest BCUT2D eigenvalue weighted by Crippen LogP contribution is -2.32. The molecular weight excluding hydrogens is 282 g/mol. The van der Waals surface area contributed by atoms with Gasteiger partial charge in [-0.05, 0) is 18.9 Å². The van der Waals surface area contributed by atoms with Crippen LogP contribution in [0.3, 0.4) is 0 Å². The number of benzene rings is 1. The van der Waals surface area contributed by atoms with E-state index >= 15 is 0 Å². The number of hydrogen-bond acceptors (Lipinski definition) is 6. The van der Waals surface area contributed by atoms with E-state index < -0.39 is 14.8 Å². The molecule has 1 fully saturated rings. The van der Waals surface area contributed by atoms with Crippen molar-refractivity contribution >= 4 is 26.9 Å². The Morgan fingerprint density at radius 3 is 2.35 bits per heavy atom. The second-order valence-electron chi connectivity index (χ2n) is 4.85. The summed E-state index contributed by atoms with van der Waals surface area (Å²) >= 11 is 0. The van der Waals surface area contributed by atoms with Gasteiger partial charge in [-0.2, -0.15) is 0 Å². The highest BCUT2D eigenvalue weighted by Gasteiger charge is 2.23. The van der Waals surface area contributed by atoms with Crippen LogP contribution in [0.5, 0.6) is 0 Å². The number of nitro groups is 1. The molecule has 1 aliphatic heterocycles. The highest BCUT2D eigenvalue weighted by Crippen LogP contribution is 2.26. The first kappa shape index (κ1) is 14.6. The predicted molar refractivity (Wildman–Crippen MR) is 77.9 cm³/mol. The second kappa shape index (κ2) is 5.66. The summed E-state index contributed by atoms with van der Waals surface area (Å²) in [7, 11) is -1.21. The fourth-order valence-electron chi connectivity index (χ4n) is 2.21. The number of sulfone groups is 1.